The molecule has 0 aromatic rings. The molecule has 0 saturated heterocycles. The fourth-order valence-electron chi connectivity index (χ4n) is 0.394. The summed E-state index contributed by atoms with van der Waals surface area (Å²) in [5.41, 5.74) is 0. The zero-order chi connectivity index (χ0) is 5.86. The average Bonchev–Trinajstić information content (AvgIpc) is 1.27. The van der Waals surface area contributed by atoms with Crippen LogP contribution in [0.1, 0.15) is 20.3 Å². The molecular weight excluding hydrogens is 458 g/mol. The summed E-state index contributed by atoms with van der Waals surface area (Å²) in [6.07, 6.45) is 0.528. The maximum Gasteiger partial charge on any atom is 0 e. The van der Waals surface area contributed by atoms with Gasteiger partial charge in [-0.3, -0.25) is 0 Å². The molecule has 0 heterocycles. The van der Waals surface area contributed by atoms with Gasteiger partial charge < -0.3 is 17.6 Å². The summed E-state index contributed by atoms with van der Waals surface area (Å²) in [6.45, 7) is 7.06. The van der Waals surface area contributed by atoms with Gasteiger partial charge >= 0.3 is 0 Å². The Labute approximate surface area is 63.6 Å². The van der Waals surface area contributed by atoms with Gasteiger partial charge in [-0.15, -0.1) is 6.42 Å². The molecule has 9 heavy (non-hydrogen) atoms. The number of carbonyl (C=O) groups excluding carboxylic acids is 1. The minimum Gasteiger partial charge on any atom is -0.342 e. The number of Topliss-reactive ketones (excluding diaryl/α,β-unsaturated/α-hetero) is 1. The van der Waals surface area contributed by atoms with Crippen molar-refractivity contribution in [1.29, 1.82) is 0 Å². The van der Waals surface area contributed by atoms with Crippen LogP contribution < -0.4 is 0 Å². The monoisotopic (exact) mass is 468 g/mol. The van der Waals surface area contributed by atoms with Crippen molar-refractivity contribution < 1.29 is 24.3 Å². The molecule has 0 fully saturated rings. The van der Waals surface area contributed by atoms with Crippen molar-refractivity contribution in [1.82, 2.24) is 0 Å². The first kappa shape index (κ1) is 15.7. The Hall–Kier alpha value is -0.837. The van der Waals surface area contributed by atoms with E-state index in [4.69, 9.17) is 0 Å². The van der Waals surface area contributed by atoms with Crippen molar-refractivity contribution in [3.05, 3.63) is 12.8 Å². The van der Waals surface area contributed by atoms with Crippen molar-refractivity contribution in [2.45, 2.75) is 20.3 Å². The molecule has 3 heteroatoms. The van der Waals surface area contributed by atoms with Gasteiger partial charge in [0.2, 0.25) is 0 Å². The summed E-state index contributed by atoms with van der Waals surface area (Å²) in [7, 11) is 0. The summed E-state index contributed by atoms with van der Waals surface area (Å²) in [6, 6.07) is 0. The number of rotatable bonds is 2. The third kappa shape index (κ3) is 19.1. The van der Waals surface area contributed by atoms with Gasteiger partial charge in [-0.05, 0) is 5.78 Å². The van der Waals surface area contributed by atoms with E-state index in [0.29, 0.717) is 6.42 Å². The van der Waals surface area contributed by atoms with Gasteiger partial charge in [0.05, 0.1) is 0 Å². The molecule has 1 radical (unpaired) electrons. The second-order valence-corrected chi connectivity index (χ2v) is 1.92. The maximum atomic E-state index is 10.1. The van der Waals surface area contributed by atoms with Crippen LogP contribution in [0.25, 0.3) is 0 Å². The average molecular weight is 468 g/mol. The van der Waals surface area contributed by atoms with Crippen LogP contribution in [0.5, 0.6) is 0 Å². The molecule has 0 unspecified atom stereocenters. The van der Waals surface area contributed by atoms with Gasteiger partial charge in [-0.25, -0.2) is 0 Å². The largest absolute Gasteiger partial charge is 0.342 e. The van der Waals surface area contributed by atoms with Crippen LogP contribution >= 0.6 is 0 Å². The van der Waals surface area contributed by atoms with Crippen LogP contribution in [0.4, 0.5) is 0 Å². The second kappa shape index (κ2) is 7.16. The van der Waals surface area contributed by atoms with Crippen LogP contribution in [-0.2, 0) is 24.3 Å². The first-order valence-electron chi connectivity index (χ1n) is 2.26. The molecule has 1 nitrogen and oxygen atoms in total. The Morgan fingerprint density at radius 2 is 1.89 bits per heavy atom. The number of hydrogen-bond acceptors (Lipinski definition) is 1. The van der Waals surface area contributed by atoms with E-state index in [2.05, 4.69) is 6.92 Å². The SMILES string of the molecule is [CH2-]C(=O)C[C-](C)C.[Rf].[Rh]. The first-order valence-corrected chi connectivity index (χ1v) is 2.26. The molecule has 0 spiro atoms. The minimum atomic E-state index is 0. The fraction of sp³-hybridized carbons (Fsp3) is 0.500. The molecule has 0 aliphatic heterocycles. The van der Waals surface area contributed by atoms with E-state index >= 15 is 0 Å². The molecule has 0 aliphatic rings. The number of ketones is 1. The van der Waals surface area contributed by atoms with Crippen molar-refractivity contribution in [3.8, 4) is 0 Å². The van der Waals surface area contributed by atoms with E-state index in [1.807, 2.05) is 13.8 Å². The van der Waals surface area contributed by atoms with Gasteiger partial charge in [0.15, 0.2) is 0 Å². The smallest absolute Gasteiger partial charge is 0 e. The van der Waals surface area contributed by atoms with Crippen LogP contribution in [0.15, 0.2) is 0 Å². The fourth-order valence-corrected chi connectivity index (χ4v) is 0.394. The molecule has 0 rings (SSSR count). The first-order chi connectivity index (χ1) is 3.13. The molecule has 0 aromatic heterocycles. The minimum absolute atomic E-state index is 0. The van der Waals surface area contributed by atoms with E-state index in [1.54, 1.807) is 0 Å². The molecule has 53 valence electrons. The third-order valence-electron chi connectivity index (χ3n) is 0.551. The predicted molar refractivity (Wildman–Crippen MR) is 29.6 cm³/mol. The van der Waals surface area contributed by atoms with Crippen LogP contribution in [0, 0.1) is 12.8 Å². The summed E-state index contributed by atoms with van der Waals surface area (Å²) in [5.74, 6) is 1.13. The van der Waals surface area contributed by atoms with Crippen molar-refractivity contribution >= 4 is 5.78 Å². The summed E-state index contributed by atoms with van der Waals surface area (Å²) >= 11 is 0. The molecule has 0 bridgehead atoms. The van der Waals surface area contributed by atoms with Crippen molar-refractivity contribution in [2.24, 2.45) is 0 Å². The molecule has 0 saturated carbocycles. The zero-order valence-electron chi connectivity index (χ0n) is 5.86. The molecule has 0 atom stereocenters. The Balaban J connectivity index is -0.000000180. The van der Waals surface area contributed by atoms with Crippen LogP contribution in [0.3, 0.4) is 0 Å². The zero-order valence-corrected chi connectivity index (χ0v) is 13.9. The quantitative estimate of drug-likeness (QED) is 0.443. The third-order valence-corrected chi connectivity index (χ3v) is 0.551. The van der Waals surface area contributed by atoms with Gasteiger partial charge in [0, 0.05) is 19.5 Å². The maximum absolute atomic E-state index is 10.1. The van der Waals surface area contributed by atoms with Crippen LogP contribution in [-0.4, -0.2) is 5.78 Å². The van der Waals surface area contributed by atoms with Gasteiger partial charge in [0.25, 0.3) is 0 Å². The normalized spacial score (nSPS) is 7.44. The van der Waals surface area contributed by atoms with Gasteiger partial charge in [0.1, 0.15) is 0 Å². The summed E-state index contributed by atoms with van der Waals surface area (Å²) < 4.78 is 0. The molecular formula is C6H10ORfRh-2. The topological polar surface area (TPSA) is 17.1 Å². The number of hydrogen-bond donors (Lipinski definition) is 0. The van der Waals surface area contributed by atoms with Gasteiger partial charge in [-0.2, -0.15) is 13.8 Å². The molecule has 0 N–H and O–H groups in total. The molecule has 0 aromatic carbocycles. The number of carbonyl (C=O) groups is 1. The second-order valence-electron chi connectivity index (χ2n) is 1.92. The Morgan fingerprint density at radius 1 is 1.56 bits per heavy atom. The Bertz CT molecular complexity index is 73.5. The van der Waals surface area contributed by atoms with Gasteiger partial charge in [-0.1, -0.05) is 0 Å². The van der Waals surface area contributed by atoms with E-state index in [0.717, 1.165) is 5.92 Å². The Kier molecular flexibility index (Phi) is 12.5. The van der Waals surface area contributed by atoms with E-state index < -0.39 is 0 Å². The molecule has 0 aliphatic carbocycles. The Morgan fingerprint density at radius 3 is 1.89 bits per heavy atom. The van der Waals surface area contributed by atoms with E-state index in [1.165, 1.54) is 0 Å². The van der Waals surface area contributed by atoms with Crippen LogP contribution in [0.2, 0.25) is 0 Å². The molecule has 0 amide bonds. The van der Waals surface area contributed by atoms with E-state index in [9.17, 15) is 4.79 Å². The predicted octanol–water partition coefficient (Wildman–Crippen LogP) is 1.39. The summed E-state index contributed by atoms with van der Waals surface area (Å²) in [4.78, 5) is 10.1. The van der Waals surface area contributed by atoms with E-state index in [-0.39, 0.29) is 25.3 Å². The standard InChI is InChI=1S/C6H10O.Rf.Rh/c1-5(2)4-6(3)7;;/h3-4H2,1-2H3;;/q-2;;. The van der Waals surface area contributed by atoms with Crippen molar-refractivity contribution in [2.75, 3.05) is 0 Å². The summed E-state index contributed by atoms with van der Waals surface area (Å²) in [5, 5.41) is 0. The van der Waals surface area contributed by atoms with Crippen molar-refractivity contribution in [3.63, 3.8) is 0 Å².